The van der Waals surface area contributed by atoms with Gasteiger partial charge in [0.15, 0.2) is 0 Å². The van der Waals surface area contributed by atoms with E-state index in [0.29, 0.717) is 6.42 Å². The van der Waals surface area contributed by atoms with E-state index in [0.717, 1.165) is 16.6 Å². The first-order valence-corrected chi connectivity index (χ1v) is 8.48. The average molecular weight is 352 g/mol. The molecule has 0 aliphatic heterocycles. The van der Waals surface area contributed by atoms with Crippen molar-refractivity contribution in [2.24, 2.45) is 5.73 Å². The smallest absolute Gasteiger partial charge is 0.306 e. The van der Waals surface area contributed by atoms with Gasteiger partial charge in [0.05, 0.1) is 18.8 Å². The fourth-order valence-corrected chi connectivity index (χ4v) is 4.56. The van der Waals surface area contributed by atoms with E-state index in [4.69, 9.17) is 5.73 Å². The monoisotopic (exact) mass is 351 g/mol. The second-order valence-electron chi connectivity index (χ2n) is 3.86. The molecule has 1 aromatic rings. The third-order valence-electron chi connectivity index (χ3n) is 2.56. The lowest BCUT2D eigenvalue weighted by Crippen LogP contribution is -2.25. The lowest BCUT2D eigenvalue weighted by atomic mass is 10.1. The summed E-state index contributed by atoms with van der Waals surface area (Å²) in [6.45, 7) is 2.08. The van der Waals surface area contributed by atoms with E-state index in [-0.39, 0.29) is 17.3 Å². The van der Waals surface area contributed by atoms with Crippen LogP contribution in [0.2, 0.25) is 0 Å². The Morgan fingerprint density at radius 3 is 2.89 bits per heavy atom. The highest BCUT2D eigenvalue weighted by molar-refractivity contribution is 9.10. The molecule has 2 atom stereocenters. The molecule has 0 spiro atoms. The van der Waals surface area contributed by atoms with E-state index in [1.54, 1.807) is 23.1 Å². The van der Waals surface area contributed by atoms with Crippen molar-refractivity contribution < 1.29 is 9.53 Å². The summed E-state index contributed by atoms with van der Waals surface area (Å²) in [5.41, 5.74) is 6.16. The van der Waals surface area contributed by atoms with Crippen LogP contribution < -0.4 is 5.73 Å². The van der Waals surface area contributed by atoms with Crippen LogP contribution in [-0.4, -0.2) is 24.9 Å². The summed E-state index contributed by atoms with van der Waals surface area (Å²) in [5.74, 6) is 0.569. The third-order valence-corrected chi connectivity index (χ3v) is 5.89. The zero-order valence-corrected chi connectivity index (χ0v) is 13.7. The van der Waals surface area contributed by atoms with Crippen LogP contribution in [0.25, 0.3) is 0 Å². The minimum Gasteiger partial charge on any atom is -0.469 e. The highest BCUT2D eigenvalue weighted by Gasteiger charge is 2.21. The number of methoxy groups -OCH3 is 1. The van der Waals surface area contributed by atoms with Crippen LogP contribution in [0.4, 0.5) is 0 Å². The summed E-state index contributed by atoms with van der Waals surface area (Å²) >= 11 is 6.89. The lowest BCUT2D eigenvalue weighted by molar-refractivity contribution is -0.140. The topological polar surface area (TPSA) is 52.3 Å². The molecule has 2 N–H and O–H groups in total. The Morgan fingerprint density at radius 1 is 1.67 bits per heavy atom. The lowest BCUT2D eigenvalue weighted by Gasteiger charge is -2.21. The molecule has 18 heavy (non-hydrogen) atoms. The number of rotatable bonds is 7. The molecule has 0 radical (unpaired) electrons. The summed E-state index contributed by atoms with van der Waals surface area (Å²) in [4.78, 5) is 12.4. The van der Waals surface area contributed by atoms with Crippen molar-refractivity contribution in [2.75, 3.05) is 12.9 Å². The minimum atomic E-state index is -0.168. The van der Waals surface area contributed by atoms with E-state index in [9.17, 15) is 4.79 Å². The van der Waals surface area contributed by atoms with E-state index < -0.39 is 0 Å². The largest absolute Gasteiger partial charge is 0.469 e. The number of hydrogen-bond acceptors (Lipinski definition) is 5. The van der Waals surface area contributed by atoms with Crippen LogP contribution in [0.3, 0.4) is 0 Å². The fourth-order valence-electron chi connectivity index (χ4n) is 1.48. The van der Waals surface area contributed by atoms with Gasteiger partial charge in [0.25, 0.3) is 0 Å². The van der Waals surface area contributed by atoms with Gasteiger partial charge in [-0.1, -0.05) is 6.92 Å². The minimum absolute atomic E-state index is 0.109. The van der Waals surface area contributed by atoms with E-state index in [2.05, 4.69) is 39.0 Å². The highest BCUT2D eigenvalue weighted by atomic mass is 79.9. The molecule has 1 aromatic heterocycles. The van der Waals surface area contributed by atoms with Gasteiger partial charge < -0.3 is 10.5 Å². The number of thioether (sulfide) groups is 1. The Hall–Kier alpha value is -0.0400. The van der Waals surface area contributed by atoms with Crippen molar-refractivity contribution in [1.29, 1.82) is 0 Å². The molecule has 6 heteroatoms. The molecule has 0 aliphatic rings. The maximum atomic E-state index is 11.1. The molecule has 0 amide bonds. The molecule has 102 valence electrons. The molecule has 3 nitrogen and oxygen atoms in total. The molecule has 1 heterocycles. The number of hydrogen-bond donors (Lipinski definition) is 1. The number of ether oxygens (including phenoxy) is 1. The normalized spacial score (nSPS) is 14.2. The number of halogens is 1. The molecule has 1 rings (SSSR count). The molecule has 0 fully saturated rings. The maximum Gasteiger partial charge on any atom is 0.306 e. The van der Waals surface area contributed by atoms with Crippen molar-refractivity contribution in [3.05, 3.63) is 20.8 Å². The molecule has 0 aliphatic carbocycles. The van der Waals surface area contributed by atoms with Crippen LogP contribution in [0.15, 0.2) is 15.9 Å². The van der Waals surface area contributed by atoms with Gasteiger partial charge in [0.2, 0.25) is 0 Å². The molecule has 0 aromatic carbocycles. The number of esters is 1. The van der Waals surface area contributed by atoms with Gasteiger partial charge in [0.1, 0.15) is 0 Å². The van der Waals surface area contributed by atoms with Gasteiger partial charge in [-0.15, -0.1) is 11.3 Å². The standard InChI is InChI=1S/C12H18BrNO2S2/c1-3-9(14)12(10-6-8(13)7-18-10)17-5-4-11(15)16-2/h6-7,9,12H,3-5,14H2,1-2H3. The van der Waals surface area contributed by atoms with Gasteiger partial charge in [-0.3, -0.25) is 4.79 Å². The predicted octanol–water partition coefficient (Wildman–Crippen LogP) is 3.59. The summed E-state index contributed by atoms with van der Waals surface area (Å²) in [6.07, 6.45) is 1.35. The van der Waals surface area contributed by atoms with Gasteiger partial charge in [-0.2, -0.15) is 11.8 Å². The Balaban J connectivity index is 2.59. The Labute approximate surface area is 125 Å². The third kappa shape index (κ3) is 4.91. The first-order chi connectivity index (χ1) is 8.58. The zero-order chi connectivity index (χ0) is 13.5. The predicted molar refractivity (Wildman–Crippen MR) is 82.1 cm³/mol. The van der Waals surface area contributed by atoms with Crippen LogP contribution in [-0.2, 0) is 9.53 Å². The van der Waals surface area contributed by atoms with E-state index in [1.807, 2.05) is 0 Å². The van der Waals surface area contributed by atoms with Crippen LogP contribution in [0.1, 0.15) is 29.9 Å². The van der Waals surface area contributed by atoms with Crippen molar-refractivity contribution in [3.63, 3.8) is 0 Å². The summed E-state index contributed by atoms with van der Waals surface area (Å²) in [6, 6.07) is 2.22. The number of carbonyl (C=O) groups is 1. The van der Waals surface area contributed by atoms with Crippen LogP contribution in [0, 0.1) is 0 Å². The maximum absolute atomic E-state index is 11.1. The summed E-state index contributed by atoms with van der Waals surface area (Å²) in [7, 11) is 1.42. The zero-order valence-electron chi connectivity index (χ0n) is 10.5. The van der Waals surface area contributed by atoms with Gasteiger partial charge in [0, 0.05) is 26.5 Å². The van der Waals surface area contributed by atoms with E-state index in [1.165, 1.54) is 12.0 Å². The van der Waals surface area contributed by atoms with Crippen molar-refractivity contribution in [2.45, 2.75) is 31.1 Å². The highest BCUT2D eigenvalue weighted by Crippen LogP contribution is 2.37. The van der Waals surface area contributed by atoms with Crippen LogP contribution >= 0.6 is 39.0 Å². The Morgan fingerprint density at radius 2 is 2.39 bits per heavy atom. The molecule has 0 saturated heterocycles. The quantitative estimate of drug-likeness (QED) is 0.762. The Bertz CT molecular complexity index is 384. The molecule has 0 saturated carbocycles. The Kier molecular flexibility index (Phi) is 7.29. The van der Waals surface area contributed by atoms with Crippen LogP contribution in [0.5, 0.6) is 0 Å². The SMILES string of the molecule is CCC(N)C(SCCC(=O)OC)c1cc(Br)cs1. The van der Waals surface area contributed by atoms with Gasteiger partial charge in [-0.05, 0) is 28.4 Å². The molecule has 0 bridgehead atoms. The molecule has 2 unspecified atom stereocenters. The first-order valence-electron chi connectivity index (χ1n) is 5.76. The number of thiophene rings is 1. The average Bonchev–Trinajstić information content (AvgIpc) is 2.79. The number of nitrogens with two attached hydrogens (primary N) is 1. The van der Waals surface area contributed by atoms with Crippen molar-refractivity contribution in [3.8, 4) is 0 Å². The summed E-state index contributed by atoms with van der Waals surface area (Å²) in [5, 5.41) is 2.31. The molecular weight excluding hydrogens is 334 g/mol. The van der Waals surface area contributed by atoms with Crippen molar-refractivity contribution >= 4 is 45.0 Å². The summed E-state index contributed by atoms with van der Waals surface area (Å²) < 4.78 is 5.73. The number of carbonyl (C=O) groups excluding carboxylic acids is 1. The second kappa shape index (κ2) is 8.19. The fraction of sp³-hybridized carbons (Fsp3) is 0.583. The van der Waals surface area contributed by atoms with E-state index >= 15 is 0 Å². The second-order valence-corrected chi connectivity index (χ2v) is 6.96. The van der Waals surface area contributed by atoms with Crippen molar-refractivity contribution in [1.82, 2.24) is 0 Å². The first kappa shape index (κ1) is 16.0. The van der Waals surface area contributed by atoms with Gasteiger partial charge in [-0.25, -0.2) is 0 Å². The van der Waals surface area contributed by atoms with Gasteiger partial charge >= 0.3 is 5.97 Å². The molecular formula is C12H18BrNO2S2.